The number of nitrogens with one attached hydrogen (secondary N) is 2. The number of carbonyl (C=O) groups excluding carboxylic acids is 1. The standard InChI is InChI=1S/C23H20ClFN4O3S/c24-19-14-18(10-11-20(19)25)33(31,32)28-17-8-6-16(7-9-17)23(30)26-12-3-13-29-15-27-21-4-1-2-5-22(21)29/h1-2,4-11,14-15,28H,3,12-13H2,(H,26,30). The Labute approximate surface area is 195 Å². The van der Waals surface area contributed by atoms with Crippen molar-refractivity contribution in [3.63, 3.8) is 0 Å². The molecule has 1 aromatic heterocycles. The van der Waals surface area contributed by atoms with Crippen LogP contribution in [0.15, 0.2) is 78.0 Å². The molecule has 10 heteroatoms. The number of para-hydroxylation sites is 2. The van der Waals surface area contributed by atoms with Crippen molar-refractivity contribution in [2.24, 2.45) is 0 Å². The van der Waals surface area contributed by atoms with Crippen LogP contribution in [-0.4, -0.2) is 30.4 Å². The third-order valence-corrected chi connectivity index (χ3v) is 6.66. The number of hydrogen-bond acceptors (Lipinski definition) is 4. The van der Waals surface area contributed by atoms with Gasteiger partial charge in [0.1, 0.15) is 5.82 Å². The van der Waals surface area contributed by atoms with E-state index in [1.54, 1.807) is 6.33 Å². The summed E-state index contributed by atoms with van der Waals surface area (Å²) in [5.41, 5.74) is 2.64. The molecule has 0 unspecified atom stereocenters. The zero-order valence-corrected chi connectivity index (χ0v) is 18.9. The van der Waals surface area contributed by atoms with Crippen LogP contribution in [0.25, 0.3) is 11.0 Å². The summed E-state index contributed by atoms with van der Waals surface area (Å²) in [5.74, 6) is -0.963. The van der Waals surface area contributed by atoms with E-state index in [4.69, 9.17) is 11.6 Å². The molecule has 4 aromatic rings. The first-order valence-corrected chi connectivity index (χ1v) is 12.0. The van der Waals surface area contributed by atoms with Crippen molar-refractivity contribution in [1.82, 2.24) is 14.9 Å². The summed E-state index contributed by atoms with van der Waals surface area (Å²) in [6.45, 7) is 1.19. The second kappa shape index (κ2) is 9.60. The molecule has 0 atom stereocenters. The number of rotatable bonds is 8. The zero-order valence-electron chi connectivity index (χ0n) is 17.3. The van der Waals surface area contributed by atoms with Gasteiger partial charge < -0.3 is 9.88 Å². The largest absolute Gasteiger partial charge is 0.352 e. The third-order valence-electron chi connectivity index (χ3n) is 4.99. The maximum Gasteiger partial charge on any atom is 0.261 e. The molecule has 0 fully saturated rings. The molecule has 0 saturated heterocycles. The van der Waals surface area contributed by atoms with Crippen LogP contribution in [0.1, 0.15) is 16.8 Å². The van der Waals surface area contributed by atoms with Crippen LogP contribution in [0.2, 0.25) is 5.02 Å². The van der Waals surface area contributed by atoms with Crippen LogP contribution in [0.3, 0.4) is 0 Å². The molecule has 7 nitrogen and oxygen atoms in total. The average Bonchev–Trinajstić information content (AvgIpc) is 3.21. The number of nitrogens with zero attached hydrogens (tertiary/aromatic N) is 2. The molecule has 2 N–H and O–H groups in total. The monoisotopic (exact) mass is 486 g/mol. The molecule has 0 aliphatic rings. The predicted molar refractivity (Wildman–Crippen MR) is 125 cm³/mol. The van der Waals surface area contributed by atoms with E-state index in [0.717, 1.165) is 42.2 Å². The smallest absolute Gasteiger partial charge is 0.261 e. The Morgan fingerprint density at radius 1 is 1.06 bits per heavy atom. The van der Waals surface area contributed by atoms with Gasteiger partial charge in [0.2, 0.25) is 0 Å². The lowest BCUT2D eigenvalue weighted by Crippen LogP contribution is -2.25. The van der Waals surface area contributed by atoms with E-state index in [1.807, 2.05) is 28.8 Å². The Bertz CT molecular complexity index is 1410. The molecule has 0 aliphatic carbocycles. The van der Waals surface area contributed by atoms with Crippen LogP contribution in [0.5, 0.6) is 0 Å². The number of carbonyl (C=O) groups is 1. The number of anilines is 1. The summed E-state index contributed by atoms with van der Waals surface area (Å²) in [5, 5.41) is 2.57. The van der Waals surface area contributed by atoms with Gasteiger partial charge in [-0.1, -0.05) is 23.7 Å². The fourth-order valence-corrected chi connectivity index (χ4v) is 4.62. The number of hydrogen-bond donors (Lipinski definition) is 2. The number of imidazole rings is 1. The normalized spacial score (nSPS) is 11.5. The highest BCUT2D eigenvalue weighted by Crippen LogP contribution is 2.22. The van der Waals surface area contributed by atoms with Crippen molar-refractivity contribution in [3.05, 3.63) is 89.5 Å². The van der Waals surface area contributed by atoms with Gasteiger partial charge in [0.15, 0.2) is 0 Å². The van der Waals surface area contributed by atoms with Crippen LogP contribution < -0.4 is 10.0 Å². The molecule has 1 amide bonds. The van der Waals surface area contributed by atoms with E-state index >= 15 is 0 Å². The van der Waals surface area contributed by atoms with Crippen molar-refractivity contribution in [1.29, 1.82) is 0 Å². The zero-order chi connectivity index (χ0) is 23.4. The van der Waals surface area contributed by atoms with Gasteiger partial charge in [0.05, 0.1) is 27.3 Å². The molecular weight excluding hydrogens is 467 g/mol. The molecule has 0 aliphatic heterocycles. The molecule has 0 spiro atoms. The number of aryl methyl sites for hydroxylation is 1. The lowest BCUT2D eigenvalue weighted by atomic mass is 10.2. The van der Waals surface area contributed by atoms with E-state index in [0.29, 0.717) is 12.1 Å². The fraction of sp³-hybridized carbons (Fsp3) is 0.130. The molecule has 4 rings (SSSR count). The van der Waals surface area contributed by atoms with Crippen molar-refractivity contribution >= 4 is 44.3 Å². The first kappa shape index (κ1) is 22.8. The van der Waals surface area contributed by atoms with Crippen molar-refractivity contribution in [3.8, 4) is 0 Å². The Hall–Kier alpha value is -3.43. The van der Waals surface area contributed by atoms with Crippen molar-refractivity contribution < 1.29 is 17.6 Å². The number of fused-ring (bicyclic) bond motifs is 1. The minimum atomic E-state index is -3.95. The summed E-state index contributed by atoms with van der Waals surface area (Å²) in [7, 11) is -3.95. The molecule has 3 aromatic carbocycles. The quantitative estimate of drug-likeness (QED) is 0.360. The summed E-state index contributed by atoms with van der Waals surface area (Å²) < 4.78 is 42.6. The van der Waals surface area contributed by atoms with E-state index in [9.17, 15) is 17.6 Å². The Morgan fingerprint density at radius 2 is 1.82 bits per heavy atom. The summed E-state index contributed by atoms with van der Waals surface area (Å²) in [4.78, 5) is 16.6. The number of aromatic nitrogens is 2. The fourth-order valence-electron chi connectivity index (χ4n) is 3.29. The number of amides is 1. The Morgan fingerprint density at radius 3 is 2.58 bits per heavy atom. The lowest BCUT2D eigenvalue weighted by molar-refractivity contribution is 0.0953. The lowest BCUT2D eigenvalue weighted by Gasteiger charge is -2.10. The maximum atomic E-state index is 13.3. The van der Waals surface area contributed by atoms with Crippen LogP contribution in [-0.2, 0) is 16.6 Å². The van der Waals surface area contributed by atoms with Gasteiger partial charge in [0.25, 0.3) is 15.9 Å². The summed E-state index contributed by atoms with van der Waals surface area (Å²) >= 11 is 5.67. The number of benzene rings is 3. The Balaban J connectivity index is 1.31. The van der Waals surface area contributed by atoms with E-state index in [-0.39, 0.29) is 21.5 Å². The molecule has 0 bridgehead atoms. The molecule has 170 valence electrons. The summed E-state index contributed by atoms with van der Waals surface area (Å²) in [6.07, 6.45) is 2.51. The molecule has 1 heterocycles. The van der Waals surface area contributed by atoms with Gasteiger partial charge >= 0.3 is 0 Å². The van der Waals surface area contributed by atoms with Crippen molar-refractivity contribution in [2.75, 3.05) is 11.3 Å². The molecular formula is C23H20ClFN4O3S. The van der Waals surface area contributed by atoms with Crippen LogP contribution >= 0.6 is 11.6 Å². The molecule has 33 heavy (non-hydrogen) atoms. The minimum Gasteiger partial charge on any atom is -0.352 e. The van der Waals surface area contributed by atoms with E-state index in [2.05, 4.69) is 15.0 Å². The topological polar surface area (TPSA) is 93.1 Å². The molecule has 0 radical (unpaired) electrons. The first-order chi connectivity index (χ1) is 15.8. The average molecular weight is 487 g/mol. The van der Waals surface area contributed by atoms with Gasteiger partial charge in [-0.25, -0.2) is 17.8 Å². The first-order valence-electron chi connectivity index (χ1n) is 10.1. The van der Waals surface area contributed by atoms with Gasteiger partial charge in [-0.05, 0) is 61.0 Å². The predicted octanol–water partition coefficient (Wildman–Crippen LogP) is 4.45. The van der Waals surface area contributed by atoms with E-state index in [1.165, 1.54) is 24.3 Å². The Kier molecular flexibility index (Phi) is 6.62. The van der Waals surface area contributed by atoms with Crippen molar-refractivity contribution in [2.45, 2.75) is 17.9 Å². The number of halogens is 2. The summed E-state index contributed by atoms with van der Waals surface area (Å²) in [6, 6.07) is 17.0. The van der Waals surface area contributed by atoms with Gasteiger partial charge in [-0.2, -0.15) is 0 Å². The van der Waals surface area contributed by atoms with Crippen LogP contribution in [0.4, 0.5) is 10.1 Å². The van der Waals surface area contributed by atoms with E-state index < -0.39 is 15.8 Å². The maximum absolute atomic E-state index is 13.3. The van der Waals surface area contributed by atoms with Gasteiger partial charge in [-0.15, -0.1) is 0 Å². The third kappa shape index (κ3) is 5.32. The second-order valence-corrected chi connectivity index (χ2v) is 9.38. The van der Waals surface area contributed by atoms with Gasteiger partial charge in [-0.3, -0.25) is 9.52 Å². The molecule has 0 saturated carbocycles. The highest BCUT2D eigenvalue weighted by Gasteiger charge is 2.16. The second-order valence-electron chi connectivity index (χ2n) is 7.29. The highest BCUT2D eigenvalue weighted by molar-refractivity contribution is 7.92. The minimum absolute atomic E-state index is 0.165. The van der Waals surface area contributed by atoms with Gasteiger partial charge in [0, 0.05) is 24.3 Å². The number of sulfonamides is 1. The highest BCUT2D eigenvalue weighted by atomic mass is 35.5. The van der Waals surface area contributed by atoms with Crippen LogP contribution in [0, 0.1) is 5.82 Å². The SMILES string of the molecule is O=C(NCCCn1cnc2ccccc21)c1ccc(NS(=O)(=O)c2ccc(F)c(Cl)c2)cc1.